The third kappa shape index (κ3) is 3.27. The molecule has 0 saturated heterocycles. The van der Waals surface area contributed by atoms with Crippen LogP contribution in [0.25, 0.3) is 0 Å². The summed E-state index contributed by atoms with van der Waals surface area (Å²) >= 11 is 8.23. The van der Waals surface area contributed by atoms with Gasteiger partial charge in [0.15, 0.2) is 4.60 Å². The van der Waals surface area contributed by atoms with Crippen molar-refractivity contribution in [3.63, 3.8) is 0 Å². The number of nitrogens with two attached hydrogens (primary N) is 1. The fourth-order valence-electron chi connectivity index (χ4n) is 2.57. The molecule has 1 aliphatic carbocycles. The van der Waals surface area contributed by atoms with Crippen LogP contribution in [-0.2, 0) is 17.1 Å². The lowest BCUT2D eigenvalue weighted by Crippen LogP contribution is -2.58. The summed E-state index contributed by atoms with van der Waals surface area (Å²) in [6.07, 6.45) is 2.96. The molecule has 118 valence electrons. The van der Waals surface area contributed by atoms with Gasteiger partial charge >= 0.3 is 0 Å². The summed E-state index contributed by atoms with van der Waals surface area (Å²) in [4.78, 5) is 0.184. The minimum atomic E-state index is -3.83. The van der Waals surface area contributed by atoms with Crippen molar-refractivity contribution in [3.8, 4) is 0 Å². The number of sulfonamides is 1. The van der Waals surface area contributed by atoms with E-state index in [1.165, 1.54) is 11.7 Å². The van der Waals surface area contributed by atoms with Gasteiger partial charge in [-0.1, -0.05) is 24.4 Å². The first-order chi connectivity index (χ1) is 9.68. The van der Waals surface area contributed by atoms with Crippen LogP contribution in [0.2, 0.25) is 0 Å². The fraction of sp³-hybridized carbons (Fsp3) is 0.727. The Morgan fingerprint density at radius 2 is 2.10 bits per heavy atom. The number of nitrogens with one attached hydrogen (secondary N) is 1. The average Bonchev–Trinajstić information content (AvgIpc) is 2.72. The molecule has 1 aromatic heterocycles. The van der Waals surface area contributed by atoms with Gasteiger partial charge in [0, 0.05) is 7.05 Å². The molecule has 1 saturated carbocycles. The molecular weight excluding hydrogens is 378 g/mol. The van der Waals surface area contributed by atoms with E-state index >= 15 is 0 Å². The Labute approximate surface area is 137 Å². The van der Waals surface area contributed by atoms with E-state index in [9.17, 15) is 8.42 Å². The SMILES string of the molecule is CC1CCC(NS(=O)(=O)c2c(Br)nnn2C)(C(N)=S)CC1. The largest absolute Gasteiger partial charge is 0.392 e. The maximum Gasteiger partial charge on any atom is 0.261 e. The van der Waals surface area contributed by atoms with Crippen molar-refractivity contribution in [1.82, 2.24) is 19.7 Å². The van der Waals surface area contributed by atoms with Crippen molar-refractivity contribution >= 4 is 43.2 Å². The number of rotatable bonds is 4. The van der Waals surface area contributed by atoms with Gasteiger partial charge in [0.1, 0.15) is 0 Å². The molecule has 0 amide bonds. The second kappa shape index (κ2) is 5.90. The highest BCUT2D eigenvalue weighted by Gasteiger charge is 2.42. The predicted octanol–water partition coefficient (Wildman–Crippen LogP) is 1.09. The van der Waals surface area contributed by atoms with Crippen LogP contribution in [0.5, 0.6) is 0 Å². The molecule has 1 heterocycles. The summed E-state index contributed by atoms with van der Waals surface area (Å²) < 4.78 is 29.3. The van der Waals surface area contributed by atoms with E-state index in [1.807, 2.05) is 0 Å². The first kappa shape index (κ1) is 16.8. The van der Waals surface area contributed by atoms with E-state index in [-0.39, 0.29) is 14.6 Å². The van der Waals surface area contributed by atoms with Crippen LogP contribution in [0, 0.1) is 5.92 Å². The number of aromatic nitrogens is 3. The summed E-state index contributed by atoms with van der Waals surface area (Å²) in [5.74, 6) is 0.544. The molecule has 7 nitrogen and oxygen atoms in total. The summed E-state index contributed by atoms with van der Waals surface area (Å²) in [5.41, 5.74) is 4.97. The van der Waals surface area contributed by atoms with Crippen LogP contribution >= 0.6 is 28.1 Å². The molecule has 21 heavy (non-hydrogen) atoms. The first-order valence-corrected chi connectivity index (χ1v) is 9.25. The number of thiocarbonyl (C=S) groups is 1. The van der Waals surface area contributed by atoms with E-state index in [1.54, 1.807) is 0 Å². The van der Waals surface area contributed by atoms with Crippen LogP contribution in [0.3, 0.4) is 0 Å². The standard InChI is InChI=1S/C11H18BrN5O2S2/c1-7-3-5-11(6-4-7,10(13)20)15-21(18,19)9-8(12)14-16-17(9)2/h7,15H,3-6H2,1-2H3,(H2,13,20). The van der Waals surface area contributed by atoms with Crippen LogP contribution in [-0.4, -0.2) is 33.9 Å². The molecule has 2 rings (SSSR count). The predicted molar refractivity (Wildman–Crippen MR) is 86.2 cm³/mol. The molecule has 0 aromatic carbocycles. The van der Waals surface area contributed by atoms with Gasteiger partial charge in [-0.05, 0) is 47.5 Å². The summed E-state index contributed by atoms with van der Waals surface area (Å²) in [6.45, 7) is 2.14. The van der Waals surface area contributed by atoms with Crippen molar-refractivity contribution in [1.29, 1.82) is 0 Å². The van der Waals surface area contributed by atoms with Crippen LogP contribution in [0.4, 0.5) is 0 Å². The lowest BCUT2D eigenvalue weighted by molar-refractivity contribution is 0.288. The minimum Gasteiger partial charge on any atom is -0.392 e. The maximum absolute atomic E-state index is 12.6. The molecule has 1 aromatic rings. The molecule has 1 fully saturated rings. The van der Waals surface area contributed by atoms with Gasteiger partial charge in [-0.2, -0.15) is 4.72 Å². The van der Waals surface area contributed by atoms with E-state index in [0.29, 0.717) is 18.8 Å². The molecule has 0 radical (unpaired) electrons. The quantitative estimate of drug-likeness (QED) is 0.739. The van der Waals surface area contributed by atoms with Gasteiger partial charge in [-0.15, -0.1) is 5.10 Å². The highest BCUT2D eigenvalue weighted by Crippen LogP contribution is 2.34. The zero-order valence-corrected chi connectivity index (χ0v) is 15.1. The van der Waals surface area contributed by atoms with Gasteiger partial charge in [0.25, 0.3) is 10.0 Å². The van der Waals surface area contributed by atoms with Crippen LogP contribution < -0.4 is 10.5 Å². The number of halogens is 1. The number of hydrogen-bond donors (Lipinski definition) is 2. The number of aryl methyl sites for hydroxylation is 1. The second-order valence-corrected chi connectivity index (χ2v) is 8.33. The topological polar surface area (TPSA) is 103 Å². The Hall–Kier alpha value is -0.580. The summed E-state index contributed by atoms with van der Waals surface area (Å²) in [6, 6.07) is 0. The zero-order chi connectivity index (χ0) is 15.8. The second-order valence-electron chi connectivity index (χ2n) is 5.54. The van der Waals surface area contributed by atoms with Crippen LogP contribution in [0.15, 0.2) is 9.63 Å². The highest BCUT2D eigenvalue weighted by atomic mass is 79.9. The van der Waals surface area contributed by atoms with E-state index in [2.05, 4.69) is 37.9 Å². The maximum atomic E-state index is 12.6. The van der Waals surface area contributed by atoms with Gasteiger partial charge in [-0.25, -0.2) is 13.1 Å². The Bertz CT molecular complexity index is 630. The highest BCUT2D eigenvalue weighted by molar-refractivity contribution is 9.10. The lowest BCUT2D eigenvalue weighted by atomic mass is 9.78. The van der Waals surface area contributed by atoms with Gasteiger partial charge in [-0.3, -0.25) is 0 Å². The fourth-order valence-corrected chi connectivity index (χ4v) is 5.43. The smallest absolute Gasteiger partial charge is 0.261 e. The van der Waals surface area contributed by atoms with Gasteiger partial charge < -0.3 is 5.73 Å². The Morgan fingerprint density at radius 3 is 2.52 bits per heavy atom. The van der Waals surface area contributed by atoms with E-state index < -0.39 is 15.6 Å². The first-order valence-electron chi connectivity index (χ1n) is 6.57. The molecule has 1 aliphatic rings. The van der Waals surface area contributed by atoms with Crippen molar-refractivity contribution in [3.05, 3.63) is 4.60 Å². The minimum absolute atomic E-state index is 0.0308. The van der Waals surface area contributed by atoms with Crippen molar-refractivity contribution in [2.45, 2.75) is 43.2 Å². The molecule has 10 heteroatoms. The molecule has 3 N–H and O–H groups in total. The molecule has 0 unspecified atom stereocenters. The van der Waals surface area contributed by atoms with Crippen molar-refractivity contribution < 1.29 is 8.42 Å². The van der Waals surface area contributed by atoms with Gasteiger partial charge in [0.05, 0.1) is 10.5 Å². The van der Waals surface area contributed by atoms with Gasteiger partial charge in [0.2, 0.25) is 5.03 Å². The number of hydrogen-bond acceptors (Lipinski definition) is 5. The average molecular weight is 396 g/mol. The lowest BCUT2D eigenvalue weighted by Gasteiger charge is -2.38. The van der Waals surface area contributed by atoms with Crippen LogP contribution in [0.1, 0.15) is 32.6 Å². The summed E-state index contributed by atoms with van der Waals surface area (Å²) in [5, 5.41) is 7.36. The normalized spacial score (nSPS) is 26.7. The monoisotopic (exact) mass is 395 g/mol. The molecule has 0 atom stereocenters. The molecule has 0 bridgehead atoms. The third-order valence-electron chi connectivity index (χ3n) is 3.92. The molecular formula is C11H18BrN5O2S2. The van der Waals surface area contributed by atoms with Crippen molar-refractivity contribution in [2.75, 3.05) is 0 Å². The Kier molecular flexibility index (Phi) is 4.72. The van der Waals surface area contributed by atoms with E-state index in [4.69, 9.17) is 18.0 Å². The Morgan fingerprint density at radius 1 is 1.52 bits per heavy atom. The summed E-state index contributed by atoms with van der Waals surface area (Å²) in [7, 11) is -2.31. The van der Waals surface area contributed by atoms with E-state index in [0.717, 1.165) is 12.8 Å². The Balaban J connectivity index is 2.35. The molecule has 0 spiro atoms. The third-order valence-corrected chi connectivity index (χ3v) is 6.73. The van der Waals surface area contributed by atoms with Crippen molar-refractivity contribution in [2.24, 2.45) is 18.7 Å². The number of nitrogens with zero attached hydrogens (tertiary/aromatic N) is 3. The zero-order valence-electron chi connectivity index (χ0n) is 11.8. The molecule has 0 aliphatic heterocycles.